The van der Waals surface area contributed by atoms with Crippen molar-refractivity contribution < 1.29 is 32.2 Å². The molecule has 11 heteroatoms. The molecule has 2 amide bonds. The first-order valence-electron chi connectivity index (χ1n) is 12.2. The van der Waals surface area contributed by atoms with Gasteiger partial charge in [-0.3, -0.25) is 13.9 Å². The lowest BCUT2D eigenvalue weighted by Crippen LogP contribution is -2.55. The van der Waals surface area contributed by atoms with Crippen molar-refractivity contribution in [3.63, 3.8) is 0 Å². The number of ether oxygens (including phenoxy) is 3. The average Bonchev–Trinajstić information content (AvgIpc) is 2.85. The van der Waals surface area contributed by atoms with Crippen molar-refractivity contribution in [2.24, 2.45) is 0 Å². The van der Waals surface area contributed by atoms with Gasteiger partial charge in [0.05, 0.1) is 33.3 Å². The highest BCUT2D eigenvalue weighted by Gasteiger charge is 2.33. The van der Waals surface area contributed by atoms with E-state index in [0.29, 0.717) is 17.9 Å². The zero-order chi connectivity index (χ0) is 28.7. The molecule has 0 saturated heterocycles. The molecule has 0 aliphatic heterocycles. The standard InChI is InChI=1S/C27H39N3O7S/c1-9-22(26(32)28-27(2,3)4)29(17-19-10-12-20(35-5)13-11-19)25(31)18-30(38(8,33)34)23-16-21(36-6)14-15-24(23)37-7/h10-16,22H,9,17-18H2,1-8H3,(H,28,32)/t22-/m1/s1. The van der Waals surface area contributed by atoms with Crippen LogP contribution in [-0.4, -0.2) is 70.8 Å². The van der Waals surface area contributed by atoms with Crippen LogP contribution in [0.3, 0.4) is 0 Å². The van der Waals surface area contributed by atoms with E-state index in [4.69, 9.17) is 14.2 Å². The highest BCUT2D eigenvalue weighted by atomic mass is 32.2. The predicted molar refractivity (Wildman–Crippen MR) is 147 cm³/mol. The number of carbonyl (C=O) groups excluding carboxylic acids is 2. The molecule has 1 N–H and O–H groups in total. The number of rotatable bonds is 12. The van der Waals surface area contributed by atoms with Gasteiger partial charge in [0.2, 0.25) is 21.8 Å². The lowest BCUT2D eigenvalue weighted by molar-refractivity contribution is -0.141. The number of benzene rings is 2. The van der Waals surface area contributed by atoms with Crippen molar-refractivity contribution in [2.75, 3.05) is 38.4 Å². The Morgan fingerprint density at radius 3 is 2.00 bits per heavy atom. The molecule has 0 saturated carbocycles. The van der Waals surface area contributed by atoms with Gasteiger partial charge in [-0.25, -0.2) is 8.42 Å². The Morgan fingerprint density at radius 2 is 1.53 bits per heavy atom. The zero-order valence-electron chi connectivity index (χ0n) is 23.4. The Morgan fingerprint density at radius 1 is 0.947 bits per heavy atom. The van der Waals surface area contributed by atoms with Crippen LogP contribution in [0.25, 0.3) is 0 Å². The Hall–Kier alpha value is -3.47. The van der Waals surface area contributed by atoms with E-state index in [2.05, 4.69) is 5.32 Å². The summed E-state index contributed by atoms with van der Waals surface area (Å²) >= 11 is 0. The van der Waals surface area contributed by atoms with Gasteiger partial charge in [-0.15, -0.1) is 0 Å². The van der Waals surface area contributed by atoms with Gasteiger partial charge in [0.15, 0.2) is 0 Å². The molecule has 2 aromatic carbocycles. The molecule has 2 rings (SSSR count). The number of carbonyl (C=O) groups is 2. The van der Waals surface area contributed by atoms with Crippen LogP contribution < -0.4 is 23.8 Å². The van der Waals surface area contributed by atoms with Crippen molar-refractivity contribution in [3.05, 3.63) is 48.0 Å². The quantitative estimate of drug-likeness (QED) is 0.432. The van der Waals surface area contributed by atoms with E-state index < -0.39 is 34.1 Å². The Labute approximate surface area is 225 Å². The summed E-state index contributed by atoms with van der Waals surface area (Å²) < 4.78 is 42.7. The largest absolute Gasteiger partial charge is 0.497 e. The maximum Gasteiger partial charge on any atom is 0.244 e. The van der Waals surface area contributed by atoms with Crippen LogP contribution in [0, 0.1) is 0 Å². The molecular formula is C27H39N3O7S. The van der Waals surface area contributed by atoms with E-state index in [1.54, 1.807) is 50.4 Å². The van der Waals surface area contributed by atoms with Gasteiger partial charge < -0.3 is 24.4 Å². The molecule has 0 unspecified atom stereocenters. The monoisotopic (exact) mass is 549 g/mol. The maximum atomic E-state index is 13.9. The number of nitrogens with zero attached hydrogens (tertiary/aromatic N) is 2. The van der Waals surface area contributed by atoms with Gasteiger partial charge in [-0.2, -0.15) is 0 Å². The van der Waals surface area contributed by atoms with Crippen LogP contribution in [0.15, 0.2) is 42.5 Å². The molecule has 0 fully saturated rings. The second kappa shape index (κ2) is 12.9. The molecule has 0 heterocycles. The summed E-state index contributed by atoms with van der Waals surface area (Å²) in [5, 5.41) is 2.94. The van der Waals surface area contributed by atoms with Crippen LogP contribution >= 0.6 is 0 Å². The van der Waals surface area contributed by atoms with Gasteiger partial charge in [0.25, 0.3) is 0 Å². The van der Waals surface area contributed by atoms with Crippen molar-refractivity contribution in [1.29, 1.82) is 0 Å². The van der Waals surface area contributed by atoms with Gasteiger partial charge in [0.1, 0.15) is 29.8 Å². The third kappa shape index (κ3) is 8.27. The maximum absolute atomic E-state index is 13.9. The number of anilines is 1. The van der Waals surface area contributed by atoms with Crippen molar-refractivity contribution in [1.82, 2.24) is 10.2 Å². The molecular weight excluding hydrogens is 510 g/mol. The molecule has 10 nitrogen and oxygen atoms in total. The SMILES string of the molecule is CC[C@H](C(=O)NC(C)(C)C)N(Cc1ccc(OC)cc1)C(=O)CN(c1cc(OC)ccc1OC)S(C)(=O)=O. The summed E-state index contributed by atoms with van der Waals surface area (Å²) in [5.41, 5.74) is 0.386. The third-order valence-electron chi connectivity index (χ3n) is 5.73. The van der Waals surface area contributed by atoms with E-state index in [9.17, 15) is 18.0 Å². The van der Waals surface area contributed by atoms with Gasteiger partial charge in [-0.1, -0.05) is 19.1 Å². The fourth-order valence-corrected chi connectivity index (χ4v) is 4.73. The van der Waals surface area contributed by atoms with Crippen molar-refractivity contribution in [2.45, 2.75) is 52.2 Å². The summed E-state index contributed by atoms with van der Waals surface area (Å²) in [6, 6.07) is 11.0. The highest BCUT2D eigenvalue weighted by Crippen LogP contribution is 2.34. The van der Waals surface area contributed by atoms with Gasteiger partial charge >= 0.3 is 0 Å². The van der Waals surface area contributed by atoms with E-state index in [1.807, 2.05) is 20.8 Å². The lowest BCUT2D eigenvalue weighted by atomic mass is 10.1. The summed E-state index contributed by atoms with van der Waals surface area (Å²) in [6.45, 7) is 6.92. The normalized spacial score (nSPS) is 12.3. The first-order chi connectivity index (χ1) is 17.7. The fraction of sp³-hybridized carbons (Fsp3) is 0.481. The molecule has 2 aromatic rings. The zero-order valence-corrected chi connectivity index (χ0v) is 24.2. The van der Waals surface area contributed by atoms with E-state index in [0.717, 1.165) is 16.1 Å². The summed E-state index contributed by atoms with van der Waals surface area (Å²) in [6.07, 6.45) is 1.34. The highest BCUT2D eigenvalue weighted by molar-refractivity contribution is 7.92. The molecule has 0 spiro atoms. The van der Waals surface area contributed by atoms with Crippen molar-refractivity contribution in [3.8, 4) is 17.2 Å². The number of sulfonamides is 1. The molecule has 0 bridgehead atoms. The molecule has 0 aromatic heterocycles. The summed E-state index contributed by atoms with van der Waals surface area (Å²) in [7, 11) is 0.489. The van der Waals surface area contributed by atoms with Gasteiger partial charge in [-0.05, 0) is 57.0 Å². The molecule has 0 aliphatic carbocycles. The fourth-order valence-electron chi connectivity index (χ4n) is 3.89. The van der Waals surface area contributed by atoms with Crippen LogP contribution in [0.1, 0.15) is 39.7 Å². The minimum atomic E-state index is -3.93. The minimum Gasteiger partial charge on any atom is -0.497 e. The number of hydrogen-bond acceptors (Lipinski definition) is 7. The first kappa shape index (κ1) is 30.8. The summed E-state index contributed by atoms with van der Waals surface area (Å²) in [5.74, 6) is 0.424. The molecule has 210 valence electrons. The topological polar surface area (TPSA) is 114 Å². The Balaban J connectivity index is 2.54. The lowest BCUT2D eigenvalue weighted by Gasteiger charge is -2.34. The first-order valence-corrected chi connectivity index (χ1v) is 14.0. The molecule has 0 radical (unpaired) electrons. The predicted octanol–water partition coefficient (Wildman–Crippen LogP) is 3.20. The van der Waals surface area contributed by atoms with E-state index in [-0.39, 0.29) is 23.9 Å². The molecule has 0 aliphatic rings. The van der Waals surface area contributed by atoms with Crippen LogP contribution in [0.5, 0.6) is 17.2 Å². The summed E-state index contributed by atoms with van der Waals surface area (Å²) in [4.78, 5) is 28.5. The van der Waals surface area contributed by atoms with Crippen molar-refractivity contribution >= 4 is 27.5 Å². The molecule has 38 heavy (non-hydrogen) atoms. The minimum absolute atomic E-state index is 0.0890. The van der Waals surface area contributed by atoms with Gasteiger partial charge in [0, 0.05) is 18.2 Å². The number of hydrogen-bond donors (Lipinski definition) is 1. The second-order valence-electron chi connectivity index (χ2n) is 9.84. The molecule has 1 atom stereocenters. The van der Waals surface area contributed by atoms with E-state index in [1.165, 1.54) is 25.2 Å². The third-order valence-corrected chi connectivity index (χ3v) is 6.86. The van der Waals surface area contributed by atoms with Crippen LogP contribution in [0.2, 0.25) is 0 Å². The second-order valence-corrected chi connectivity index (χ2v) is 11.7. The number of methoxy groups -OCH3 is 3. The van der Waals surface area contributed by atoms with Crippen LogP contribution in [-0.2, 0) is 26.2 Å². The Kier molecular flexibility index (Phi) is 10.4. The number of amides is 2. The Bertz CT molecular complexity index is 1210. The average molecular weight is 550 g/mol. The smallest absolute Gasteiger partial charge is 0.244 e. The van der Waals surface area contributed by atoms with E-state index >= 15 is 0 Å². The van der Waals surface area contributed by atoms with Crippen LogP contribution in [0.4, 0.5) is 5.69 Å². The number of nitrogens with one attached hydrogen (secondary N) is 1.